The molecule has 2 N–H and O–H groups in total. The minimum atomic E-state index is -3.32. The van der Waals surface area contributed by atoms with E-state index in [1.54, 1.807) is 6.92 Å². The van der Waals surface area contributed by atoms with E-state index in [1.165, 1.54) is 11.2 Å². The molecule has 0 aromatic carbocycles. The molecule has 0 spiro atoms. The smallest absolute Gasteiger partial charge is 0.329 e. The summed E-state index contributed by atoms with van der Waals surface area (Å²) in [4.78, 5) is 23.7. The molecule has 0 aromatic heterocycles. The molecule has 2 unspecified atom stereocenters. The van der Waals surface area contributed by atoms with Gasteiger partial charge in [-0.2, -0.15) is 0 Å². The summed E-state index contributed by atoms with van der Waals surface area (Å²) >= 11 is 0. The molecule has 1 rings (SSSR count). The van der Waals surface area contributed by atoms with Crippen LogP contribution in [0.3, 0.4) is 0 Å². The van der Waals surface area contributed by atoms with Crippen LogP contribution < -0.4 is 5.32 Å². The van der Waals surface area contributed by atoms with Crippen molar-refractivity contribution < 1.29 is 23.1 Å². The highest BCUT2D eigenvalue weighted by atomic mass is 32.2. The van der Waals surface area contributed by atoms with Crippen LogP contribution in [-0.4, -0.2) is 54.1 Å². The Balaban J connectivity index is 2.79. The predicted octanol–water partition coefficient (Wildman–Crippen LogP) is 0.808. The Morgan fingerprint density at radius 3 is 2.50 bits per heavy atom. The van der Waals surface area contributed by atoms with Crippen molar-refractivity contribution in [3.63, 3.8) is 0 Å². The van der Waals surface area contributed by atoms with Crippen molar-refractivity contribution in [1.29, 1.82) is 0 Å². The second-order valence-corrected chi connectivity index (χ2v) is 8.23. The minimum Gasteiger partial charge on any atom is -0.480 e. The van der Waals surface area contributed by atoms with E-state index < -0.39 is 27.4 Å². The summed E-state index contributed by atoms with van der Waals surface area (Å²) in [6.07, 6.45) is 2.14. The SMILES string of the molecule is CCCC(C)(NC(=O)C1CCCN(S(=O)(=O)CC)C1)C(=O)O. The van der Waals surface area contributed by atoms with Crippen LogP contribution in [0.25, 0.3) is 0 Å². The molecule has 22 heavy (non-hydrogen) atoms. The van der Waals surface area contributed by atoms with Gasteiger partial charge in [-0.05, 0) is 33.1 Å². The second-order valence-electron chi connectivity index (χ2n) is 5.97. The Bertz CT molecular complexity index is 519. The molecule has 1 aliphatic heterocycles. The van der Waals surface area contributed by atoms with Gasteiger partial charge < -0.3 is 10.4 Å². The summed E-state index contributed by atoms with van der Waals surface area (Å²) in [5.41, 5.74) is -1.31. The minimum absolute atomic E-state index is 0.00398. The maximum Gasteiger partial charge on any atom is 0.329 e. The molecule has 0 bridgehead atoms. The summed E-state index contributed by atoms with van der Waals surface area (Å²) in [5.74, 6) is -1.94. The molecule has 0 radical (unpaired) electrons. The van der Waals surface area contributed by atoms with Crippen molar-refractivity contribution in [3.8, 4) is 0 Å². The number of rotatable bonds is 7. The van der Waals surface area contributed by atoms with Gasteiger partial charge in [-0.1, -0.05) is 13.3 Å². The van der Waals surface area contributed by atoms with E-state index in [1.807, 2.05) is 6.92 Å². The summed E-state index contributed by atoms with van der Waals surface area (Å²) in [6, 6.07) is 0. The van der Waals surface area contributed by atoms with Crippen molar-refractivity contribution in [2.75, 3.05) is 18.8 Å². The molecular weight excluding hydrogens is 308 g/mol. The van der Waals surface area contributed by atoms with Gasteiger partial charge in [0.25, 0.3) is 0 Å². The topological polar surface area (TPSA) is 104 Å². The van der Waals surface area contributed by atoms with Crippen molar-refractivity contribution in [3.05, 3.63) is 0 Å². The molecule has 1 saturated heterocycles. The van der Waals surface area contributed by atoms with E-state index in [0.717, 1.165) is 0 Å². The quantitative estimate of drug-likeness (QED) is 0.717. The molecule has 1 fully saturated rings. The molecule has 1 aliphatic rings. The lowest BCUT2D eigenvalue weighted by Gasteiger charge is -2.33. The zero-order valence-electron chi connectivity index (χ0n) is 13.5. The van der Waals surface area contributed by atoms with Crippen molar-refractivity contribution >= 4 is 21.9 Å². The Morgan fingerprint density at radius 2 is 2.00 bits per heavy atom. The summed E-state index contributed by atoms with van der Waals surface area (Å²) in [6.45, 7) is 5.46. The first-order valence-electron chi connectivity index (χ1n) is 7.69. The zero-order valence-corrected chi connectivity index (χ0v) is 14.3. The highest BCUT2D eigenvalue weighted by molar-refractivity contribution is 7.89. The Kier molecular flexibility index (Phi) is 6.37. The molecule has 0 aromatic rings. The number of carboxylic acid groups (broad SMARTS) is 1. The maximum absolute atomic E-state index is 12.4. The van der Waals surface area contributed by atoms with E-state index in [-0.39, 0.29) is 18.2 Å². The first-order chi connectivity index (χ1) is 10.2. The van der Waals surface area contributed by atoms with Crippen LogP contribution >= 0.6 is 0 Å². The van der Waals surface area contributed by atoms with Crippen LogP contribution in [-0.2, 0) is 19.6 Å². The number of hydrogen-bond donors (Lipinski definition) is 2. The van der Waals surface area contributed by atoms with E-state index in [0.29, 0.717) is 32.2 Å². The van der Waals surface area contributed by atoms with E-state index in [9.17, 15) is 23.1 Å². The summed E-state index contributed by atoms with van der Waals surface area (Å²) in [5, 5.41) is 11.9. The van der Waals surface area contributed by atoms with Gasteiger partial charge >= 0.3 is 5.97 Å². The van der Waals surface area contributed by atoms with Crippen LogP contribution in [0.2, 0.25) is 0 Å². The largest absolute Gasteiger partial charge is 0.480 e. The Morgan fingerprint density at radius 1 is 1.36 bits per heavy atom. The average molecular weight is 334 g/mol. The van der Waals surface area contributed by atoms with Crippen LogP contribution in [0.1, 0.15) is 46.5 Å². The Labute approximate surface area is 132 Å². The molecular formula is C14H26N2O5S. The second kappa shape index (κ2) is 7.41. The van der Waals surface area contributed by atoms with Gasteiger partial charge in [-0.25, -0.2) is 17.5 Å². The van der Waals surface area contributed by atoms with Crippen molar-refractivity contribution in [2.24, 2.45) is 5.92 Å². The number of piperidine rings is 1. The van der Waals surface area contributed by atoms with Gasteiger partial charge in [0.05, 0.1) is 11.7 Å². The fraction of sp³-hybridized carbons (Fsp3) is 0.857. The fourth-order valence-corrected chi connectivity index (χ4v) is 3.87. The number of amides is 1. The molecule has 1 heterocycles. The van der Waals surface area contributed by atoms with Gasteiger partial charge in [0.15, 0.2) is 0 Å². The first kappa shape index (κ1) is 18.9. The van der Waals surface area contributed by atoms with Crippen molar-refractivity contribution in [1.82, 2.24) is 9.62 Å². The van der Waals surface area contributed by atoms with Gasteiger partial charge in [0, 0.05) is 13.1 Å². The first-order valence-corrected chi connectivity index (χ1v) is 9.30. The lowest BCUT2D eigenvalue weighted by atomic mass is 9.93. The molecule has 2 atom stereocenters. The number of carbonyl (C=O) groups is 2. The lowest BCUT2D eigenvalue weighted by molar-refractivity contribution is -0.148. The summed E-state index contributed by atoms with van der Waals surface area (Å²) in [7, 11) is -3.32. The molecule has 1 amide bonds. The lowest BCUT2D eigenvalue weighted by Crippen LogP contribution is -2.55. The summed E-state index contributed by atoms with van der Waals surface area (Å²) < 4.78 is 25.2. The number of aliphatic carboxylic acids is 1. The van der Waals surface area contributed by atoms with E-state index >= 15 is 0 Å². The van der Waals surface area contributed by atoms with Crippen LogP contribution in [0.5, 0.6) is 0 Å². The molecule has 128 valence electrons. The molecule has 8 heteroatoms. The normalized spacial score (nSPS) is 22.8. The third-order valence-electron chi connectivity index (χ3n) is 4.13. The van der Waals surface area contributed by atoms with Crippen LogP contribution in [0.4, 0.5) is 0 Å². The maximum atomic E-state index is 12.4. The number of carbonyl (C=O) groups excluding carboxylic acids is 1. The highest BCUT2D eigenvalue weighted by Gasteiger charge is 2.38. The highest BCUT2D eigenvalue weighted by Crippen LogP contribution is 2.21. The number of sulfonamides is 1. The molecule has 0 aliphatic carbocycles. The van der Waals surface area contributed by atoms with Crippen LogP contribution in [0.15, 0.2) is 0 Å². The van der Waals surface area contributed by atoms with Gasteiger partial charge in [-0.15, -0.1) is 0 Å². The third-order valence-corrected chi connectivity index (χ3v) is 5.98. The number of nitrogens with zero attached hydrogens (tertiary/aromatic N) is 1. The van der Waals surface area contributed by atoms with Crippen molar-refractivity contribution in [2.45, 2.75) is 52.0 Å². The van der Waals surface area contributed by atoms with E-state index in [4.69, 9.17) is 0 Å². The predicted molar refractivity (Wildman–Crippen MR) is 82.8 cm³/mol. The van der Waals surface area contributed by atoms with Gasteiger partial charge in [-0.3, -0.25) is 4.79 Å². The molecule has 7 nitrogen and oxygen atoms in total. The molecule has 0 saturated carbocycles. The van der Waals surface area contributed by atoms with E-state index in [2.05, 4.69) is 5.32 Å². The van der Waals surface area contributed by atoms with Gasteiger partial charge in [0.2, 0.25) is 15.9 Å². The number of carboxylic acids is 1. The monoisotopic (exact) mass is 334 g/mol. The number of nitrogens with one attached hydrogen (secondary N) is 1. The standard InChI is InChI=1S/C14H26N2O5S/c1-4-8-14(3,13(18)19)15-12(17)11-7-6-9-16(10-11)22(20,21)5-2/h11H,4-10H2,1-3H3,(H,15,17)(H,18,19). The Hall–Kier alpha value is -1.15. The zero-order chi connectivity index (χ0) is 17.0. The number of hydrogen-bond acceptors (Lipinski definition) is 4. The fourth-order valence-electron chi connectivity index (χ4n) is 2.69. The average Bonchev–Trinajstić information content (AvgIpc) is 2.47. The van der Waals surface area contributed by atoms with Crippen LogP contribution in [0, 0.1) is 5.92 Å². The van der Waals surface area contributed by atoms with Gasteiger partial charge in [0.1, 0.15) is 5.54 Å². The third kappa shape index (κ3) is 4.42.